The number of nitrogens with zero attached hydrogens (tertiary/aromatic N) is 4. The van der Waals surface area contributed by atoms with Crippen LogP contribution in [0.3, 0.4) is 0 Å². The molecule has 0 aliphatic carbocycles. The Kier molecular flexibility index (Phi) is 5.68. The number of carbonyl (C=O) groups excluding carboxylic acids is 1. The van der Waals surface area contributed by atoms with Gasteiger partial charge in [0.05, 0.1) is 6.04 Å². The third-order valence-corrected chi connectivity index (χ3v) is 6.98. The van der Waals surface area contributed by atoms with E-state index in [9.17, 15) is 14.7 Å². The van der Waals surface area contributed by atoms with Gasteiger partial charge in [-0.2, -0.15) is 0 Å². The molecule has 1 amide bonds. The lowest BCUT2D eigenvalue weighted by molar-refractivity contribution is 0.0963. The molecule has 0 saturated carbocycles. The average molecular weight is 508 g/mol. The van der Waals surface area contributed by atoms with Gasteiger partial charge in [-0.15, -0.1) is 0 Å². The van der Waals surface area contributed by atoms with Crippen LogP contribution in [0, 0.1) is 0 Å². The molecular formula is C29H25N5O4. The van der Waals surface area contributed by atoms with Crippen molar-refractivity contribution in [2.75, 3.05) is 18.5 Å². The molecule has 38 heavy (non-hydrogen) atoms. The number of rotatable bonds is 4. The number of hydrogen-bond acceptors (Lipinski definition) is 7. The number of aromatic nitrogens is 3. The van der Waals surface area contributed by atoms with E-state index in [2.05, 4.69) is 10.3 Å². The molecule has 3 heterocycles. The topological polar surface area (TPSA) is 113 Å². The number of anilines is 1. The first-order chi connectivity index (χ1) is 18.5. The molecule has 2 N–H and O–H groups in total. The highest BCUT2D eigenvalue weighted by atomic mass is 16.4. The van der Waals surface area contributed by atoms with Crippen molar-refractivity contribution in [1.29, 1.82) is 0 Å². The fraction of sp³-hybridized carbons (Fsp3) is 0.172. The summed E-state index contributed by atoms with van der Waals surface area (Å²) in [5.74, 6) is -0.281. The van der Waals surface area contributed by atoms with Crippen molar-refractivity contribution in [3.8, 4) is 17.3 Å². The van der Waals surface area contributed by atoms with E-state index < -0.39 is 11.3 Å². The van der Waals surface area contributed by atoms with Crippen LogP contribution in [0.25, 0.3) is 22.7 Å². The predicted molar refractivity (Wildman–Crippen MR) is 143 cm³/mol. The van der Waals surface area contributed by atoms with Gasteiger partial charge in [0.15, 0.2) is 11.3 Å². The second kappa shape index (κ2) is 9.19. The Morgan fingerprint density at radius 1 is 1.05 bits per heavy atom. The smallest absolute Gasteiger partial charge is 0.297 e. The van der Waals surface area contributed by atoms with Crippen molar-refractivity contribution in [3.63, 3.8) is 0 Å². The van der Waals surface area contributed by atoms with Gasteiger partial charge in [-0.3, -0.25) is 14.2 Å². The lowest BCUT2D eigenvalue weighted by Crippen LogP contribution is -2.40. The van der Waals surface area contributed by atoms with Crippen LogP contribution in [0.4, 0.5) is 5.95 Å². The van der Waals surface area contributed by atoms with Crippen molar-refractivity contribution in [2.45, 2.75) is 12.5 Å². The highest BCUT2D eigenvalue weighted by Gasteiger charge is 2.33. The molecule has 1 aliphatic rings. The van der Waals surface area contributed by atoms with E-state index in [1.807, 2.05) is 65.6 Å². The number of oxazole rings is 1. The van der Waals surface area contributed by atoms with Crippen LogP contribution in [0.1, 0.15) is 33.1 Å². The summed E-state index contributed by atoms with van der Waals surface area (Å²) in [4.78, 5) is 36.9. The molecule has 1 atom stereocenters. The number of amides is 1. The van der Waals surface area contributed by atoms with E-state index >= 15 is 0 Å². The Balaban J connectivity index is 1.55. The predicted octanol–water partition coefficient (Wildman–Crippen LogP) is 3.81. The molecule has 6 rings (SSSR count). The molecule has 3 aromatic carbocycles. The fourth-order valence-corrected chi connectivity index (χ4v) is 5.07. The lowest BCUT2D eigenvalue weighted by Gasteiger charge is -2.39. The summed E-state index contributed by atoms with van der Waals surface area (Å²) < 4.78 is 7.19. The maximum absolute atomic E-state index is 13.2. The molecule has 0 spiro atoms. The zero-order valence-electron chi connectivity index (χ0n) is 20.9. The minimum Gasteiger partial charge on any atom is -0.501 e. The third kappa shape index (κ3) is 3.80. The summed E-state index contributed by atoms with van der Waals surface area (Å²) in [5.41, 5.74) is 4.10. The Hall–Kier alpha value is -4.92. The fourth-order valence-electron chi connectivity index (χ4n) is 5.07. The van der Waals surface area contributed by atoms with Crippen LogP contribution < -0.4 is 15.8 Å². The monoisotopic (exact) mass is 507 g/mol. The maximum Gasteiger partial charge on any atom is 0.297 e. The van der Waals surface area contributed by atoms with Crippen LogP contribution in [0.15, 0.2) is 82.0 Å². The number of aromatic hydroxyl groups is 1. The number of fused-ring (bicyclic) bond motifs is 2. The summed E-state index contributed by atoms with van der Waals surface area (Å²) in [6.45, 7) is 0.559. The van der Waals surface area contributed by atoms with Gasteiger partial charge in [-0.25, -0.2) is 9.97 Å². The molecule has 0 radical (unpaired) electrons. The minimum absolute atomic E-state index is 0.0176. The van der Waals surface area contributed by atoms with Gasteiger partial charge < -0.3 is 19.7 Å². The molecule has 9 heteroatoms. The number of para-hydroxylation sites is 2. The zero-order valence-corrected chi connectivity index (χ0v) is 20.9. The molecule has 190 valence electrons. The number of nitrogens with one attached hydrogen (secondary N) is 1. The third-order valence-electron chi connectivity index (χ3n) is 6.98. The van der Waals surface area contributed by atoms with Crippen molar-refractivity contribution in [2.24, 2.45) is 7.05 Å². The van der Waals surface area contributed by atoms with E-state index in [0.717, 1.165) is 16.7 Å². The number of carbonyl (C=O) groups is 1. The van der Waals surface area contributed by atoms with Gasteiger partial charge >= 0.3 is 0 Å². The van der Waals surface area contributed by atoms with Crippen molar-refractivity contribution in [1.82, 2.24) is 19.9 Å². The van der Waals surface area contributed by atoms with E-state index in [0.29, 0.717) is 35.6 Å². The normalized spacial score (nSPS) is 14.9. The molecule has 1 unspecified atom stereocenters. The SMILES string of the molecule is CNC(=O)c1ccc2c(c1)C(c1ccccc1)N(c1nc(-c3nc4ccccc4o3)c(O)c(=O)n1C)CC2. The first-order valence-corrected chi connectivity index (χ1v) is 12.3. The maximum atomic E-state index is 13.2. The van der Waals surface area contributed by atoms with E-state index in [1.54, 1.807) is 26.2 Å². The highest BCUT2D eigenvalue weighted by molar-refractivity contribution is 5.94. The molecule has 9 nitrogen and oxygen atoms in total. The van der Waals surface area contributed by atoms with Gasteiger partial charge in [0.2, 0.25) is 11.7 Å². The van der Waals surface area contributed by atoms with Gasteiger partial charge in [-0.05, 0) is 47.4 Å². The van der Waals surface area contributed by atoms with E-state index in [1.165, 1.54) is 4.57 Å². The number of hydrogen-bond donors (Lipinski definition) is 2. The van der Waals surface area contributed by atoms with Crippen LogP contribution >= 0.6 is 0 Å². The summed E-state index contributed by atoms with van der Waals surface area (Å²) in [5, 5.41) is 13.5. The largest absolute Gasteiger partial charge is 0.501 e. The lowest BCUT2D eigenvalue weighted by atomic mass is 9.87. The Bertz CT molecular complexity index is 1710. The molecule has 0 bridgehead atoms. The van der Waals surface area contributed by atoms with Gasteiger partial charge in [0, 0.05) is 26.2 Å². The second-order valence-electron chi connectivity index (χ2n) is 9.21. The first kappa shape index (κ1) is 23.5. The molecule has 0 saturated heterocycles. The molecule has 1 aliphatic heterocycles. The second-order valence-corrected chi connectivity index (χ2v) is 9.21. The van der Waals surface area contributed by atoms with E-state index in [4.69, 9.17) is 9.40 Å². The standard InChI is InChI=1S/C29H25N5O4/c1-30-26(36)19-13-12-17-14-15-34(24(20(17)16-19)18-8-4-3-5-9-18)29-32-23(25(35)28(37)33(29)2)27-31-21-10-6-7-11-22(21)38-27/h3-13,16,24,35H,14-15H2,1-2H3,(H,30,36). The summed E-state index contributed by atoms with van der Waals surface area (Å²) in [7, 11) is 3.19. The van der Waals surface area contributed by atoms with Gasteiger partial charge in [0.1, 0.15) is 5.52 Å². The van der Waals surface area contributed by atoms with Crippen LogP contribution in [0.2, 0.25) is 0 Å². The Morgan fingerprint density at radius 2 is 1.82 bits per heavy atom. The Morgan fingerprint density at radius 3 is 2.58 bits per heavy atom. The summed E-state index contributed by atoms with van der Waals surface area (Å²) >= 11 is 0. The van der Waals surface area contributed by atoms with Crippen molar-refractivity contribution >= 4 is 23.0 Å². The molecular weight excluding hydrogens is 482 g/mol. The van der Waals surface area contributed by atoms with Crippen molar-refractivity contribution in [3.05, 3.63) is 105 Å². The zero-order chi connectivity index (χ0) is 26.4. The summed E-state index contributed by atoms with van der Waals surface area (Å²) in [6, 6.07) is 22.5. The average Bonchev–Trinajstić information content (AvgIpc) is 3.39. The van der Waals surface area contributed by atoms with Crippen molar-refractivity contribution < 1.29 is 14.3 Å². The van der Waals surface area contributed by atoms with E-state index in [-0.39, 0.29) is 23.5 Å². The summed E-state index contributed by atoms with van der Waals surface area (Å²) in [6.07, 6.45) is 0.682. The Labute approximate surface area is 218 Å². The quantitative estimate of drug-likeness (QED) is 0.380. The minimum atomic E-state index is -0.607. The van der Waals surface area contributed by atoms with Crippen LogP contribution in [-0.2, 0) is 13.5 Å². The van der Waals surface area contributed by atoms with Gasteiger partial charge in [0.25, 0.3) is 17.4 Å². The molecule has 2 aromatic heterocycles. The van der Waals surface area contributed by atoms with Crippen LogP contribution in [-0.4, -0.2) is 39.1 Å². The van der Waals surface area contributed by atoms with Gasteiger partial charge in [-0.1, -0.05) is 48.5 Å². The van der Waals surface area contributed by atoms with Crippen LogP contribution in [0.5, 0.6) is 5.75 Å². The molecule has 0 fully saturated rings. The molecule has 5 aromatic rings. The highest BCUT2D eigenvalue weighted by Crippen LogP contribution is 2.39. The first-order valence-electron chi connectivity index (χ1n) is 12.3. The number of benzene rings is 3.